The van der Waals surface area contributed by atoms with Crippen LogP contribution in [-0.4, -0.2) is 29.7 Å². The Labute approximate surface area is 131 Å². The van der Waals surface area contributed by atoms with E-state index in [0.29, 0.717) is 19.0 Å². The number of halogens is 1. The largest absolute Gasteiger partial charge is 0.388 e. The van der Waals surface area contributed by atoms with Crippen molar-refractivity contribution in [3.8, 4) is 0 Å². The van der Waals surface area contributed by atoms with Gasteiger partial charge in [-0.3, -0.25) is 4.79 Å². The summed E-state index contributed by atoms with van der Waals surface area (Å²) in [7, 11) is 0. The second-order valence-corrected chi connectivity index (χ2v) is 6.52. The minimum absolute atomic E-state index is 0.212. The van der Waals surface area contributed by atoms with Gasteiger partial charge in [0, 0.05) is 25.2 Å². The first-order chi connectivity index (χ1) is 10.4. The molecule has 1 aromatic rings. The third-order valence-electron chi connectivity index (χ3n) is 4.51. The van der Waals surface area contributed by atoms with Crippen LogP contribution in [0.4, 0.5) is 10.1 Å². The van der Waals surface area contributed by atoms with Crippen molar-refractivity contribution in [1.82, 2.24) is 0 Å². The molecular weight excluding hydrogens is 283 g/mol. The Kier molecular flexibility index (Phi) is 5.40. The normalized spacial score (nSPS) is 25.0. The average Bonchev–Trinajstić information content (AvgIpc) is 2.48. The summed E-state index contributed by atoms with van der Waals surface area (Å²) in [5.74, 6) is -0.0367. The molecule has 1 aromatic carbocycles. The zero-order valence-corrected chi connectivity index (χ0v) is 13.1. The van der Waals surface area contributed by atoms with Crippen LogP contribution in [0.15, 0.2) is 24.3 Å². The predicted molar refractivity (Wildman–Crippen MR) is 85.0 cm³/mol. The van der Waals surface area contributed by atoms with Crippen LogP contribution in [-0.2, 0) is 4.79 Å². The first-order valence-corrected chi connectivity index (χ1v) is 7.89. The van der Waals surface area contributed by atoms with E-state index in [4.69, 9.17) is 5.73 Å². The highest BCUT2D eigenvalue weighted by Crippen LogP contribution is 2.33. The Morgan fingerprint density at radius 1 is 1.36 bits per heavy atom. The average molecular weight is 308 g/mol. The number of carbonyl (C=O) groups is 1. The van der Waals surface area contributed by atoms with Crippen LogP contribution in [0.5, 0.6) is 0 Å². The Morgan fingerprint density at radius 2 is 1.95 bits per heavy atom. The predicted octanol–water partition coefficient (Wildman–Crippen LogP) is 2.45. The third kappa shape index (κ3) is 4.70. The van der Waals surface area contributed by atoms with Crippen LogP contribution in [0, 0.1) is 11.7 Å². The molecule has 1 saturated carbocycles. The van der Waals surface area contributed by atoms with Crippen LogP contribution < -0.4 is 10.6 Å². The second kappa shape index (κ2) is 7.09. The minimum atomic E-state index is -0.751. The van der Waals surface area contributed by atoms with Crippen LogP contribution in [0.3, 0.4) is 0 Å². The van der Waals surface area contributed by atoms with Crippen molar-refractivity contribution in [1.29, 1.82) is 0 Å². The van der Waals surface area contributed by atoms with Crippen LogP contribution in [0.25, 0.3) is 0 Å². The lowest BCUT2D eigenvalue weighted by Gasteiger charge is -2.39. The fourth-order valence-electron chi connectivity index (χ4n) is 3.01. The molecule has 0 aromatic heterocycles. The molecule has 0 radical (unpaired) electrons. The quantitative estimate of drug-likeness (QED) is 0.848. The molecule has 0 unspecified atom stereocenters. The van der Waals surface area contributed by atoms with Crippen LogP contribution in [0.2, 0.25) is 0 Å². The van der Waals surface area contributed by atoms with Crippen molar-refractivity contribution >= 4 is 11.6 Å². The number of aliphatic hydroxyl groups is 1. The summed E-state index contributed by atoms with van der Waals surface area (Å²) in [6.07, 6.45) is 3.72. The molecule has 5 heteroatoms. The van der Waals surface area contributed by atoms with Crippen molar-refractivity contribution in [3.05, 3.63) is 30.1 Å². The smallest absolute Gasteiger partial charge is 0.219 e. The van der Waals surface area contributed by atoms with E-state index in [0.717, 1.165) is 31.4 Å². The summed E-state index contributed by atoms with van der Waals surface area (Å²) >= 11 is 0. The highest BCUT2D eigenvalue weighted by molar-refractivity contribution is 5.74. The molecule has 1 aliphatic rings. The van der Waals surface area contributed by atoms with Gasteiger partial charge in [-0.15, -0.1) is 0 Å². The number of benzene rings is 1. The minimum Gasteiger partial charge on any atom is -0.388 e. The molecule has 0 saturated heterocycles. The first kappa shape index (κ1) is 16.7. The summed E-state index contributed by atoms with van der Waals surface area (Å²) in [4.78, 5) is 13.0. The number of carbonyl (C=O) groups excluding carboxylic acids is 1. The van der Waals surface area contributed by atoms with Crippen molar-refractivity contribution in [2.45, 2.75) is 44.6 Å². The van der Waals surface area contributed by atoms with Gasteiger partial charge in [0.1, 0.15) is 5.82 Å². The summed E-state index contributed by atoms with van der Waals surface area (Å²) in [6.45, 7) is 3.07. The van der Waals surface area contributed by atoms with E-state index >= 15 is 0 Å². The van der Waals surface area contributed by atoms with E-state index in [9.17, 15) is 14.3 Å². The van der Waals surface area contributed by atoms with E-state index in [1.54, 1.807) is 12.1 Å². The summed E-state index contributed by atoms with van der Waals surface area (Å²) in [6, 6.07) is 6.12. The van der Waals surface area contributed by atoms with Crippen molar-refractivity contribution in [2.75, 3.05) is 18.0 Å². The van der Waals surface area contributed by atoms with Gasteiger partial charge in [-0.2, -0.15) is 0 Å². The standard InChI is InChI=1S/C17H25FN2O2/c1-13-6-9-17(22,10-7-13)12-20(11-8-16(19)21)15-4-2-14(18)3-5-15/h2-5,13,22H,6-12H2,1H3,(H2,19,21). The maximum absolute atomic E-state index is 13.1. The Hall–Kier alpha value is -1.62. The van der Waals surface area contributed by atoms with Gasteiger partial charge in [-0.1, -0.05) is 6.92 Å². The van der Waals surface area contributed by atoms with Crippen molar-refractivity contribution in [3.63, 3.8) is 0 Å². The SMILES string of the molecule is CC1CCC(O)(CN(CCC(N)=O)c2ccc(F)cc2)CC1. The van der Waals surface area contributed by atoms with E-state index in [1.165, 1.54) is 12.1 Å². The van der Waals surface area contributed by atoms with Crippen molar-refractivity contribution in [2.24, 2.45) is 11.7 Å². The fraction of sp³-hybridized carbons (Fsp3) is 0.588. The molecule has 4 nitrogen and oxygen atoms in total. The molecule has 22 heavy (non-hydrogen) atoms. The van der Waals surface area contributed by atoms with Gasteiger partial charge in [0.15, 0.2) is 0 Å². The lowest BCUT2D eigenvalue weighted by Crippen LogP contribution is -2.46. The van der Waals surface area contributed by atoms with Crippen LogP contribution in [0.1, 0.15) is 39.0 Å². The molecule has 122 valence electrons. The monoisotopic (exact) mass is 308 g/mol. The fourth-order valence-corrected chi connectivity index (χ4v) is 3.01. The molecule has 1 aliphatic carbocycles. The number of nitrogens with zero attached hydrogens (tertiary/aromatic N) is 1. The summed E-state index contributed by atoms with van der Waals surface area (Å²) in [5, 5.41) is 10.8. The van der Waals surface area contributed by atoms with Gasteiger partial charge >= 0.3 is 0 Å². The summed E-state index contributed by atoms with van der Waals surface area (Å²) < 4.78 is 13.1. The molecule has 0 atom stereocenters. The molecule has 2 rings (SSSR count). The van der Waals surface area contributed by atoms with Crippen LogP contribution >= 0.6 is 0 Å². The van der Waals surface area contributed by atoms with Gasteiger partial charge in [-0.25, -0.2) is 4.39 Å². The Morgan fingerprint density at radius 3 is 2.50 bits per heavy atom. The molecule has 1 amide bonds. The topological polar surface area (TPSA) is 66.6 Å². The molecular formula is C17H25FN2O2. The maximum Gasteiger partial charge on any atom is 0.219 e. The number of anilines is 1. The number of hydrogen-bond donors (Lipinski definition) is 2. The van der Waals surface area contributed by atoms with Gasteiger partial charge in [0.25, 0.3) is 0 Å². The second-order valence-electron chi connectivity index (χ2n) is 6.52. The van der Waals surface area contributed by atoms with Gasteiger partial charge in [0.05, 0.1) is 5.60 Å². The van der Waals surface area contributed by atoms with E-state index in [1.807, 2.05) is 4.90 Å². The molecule has 0 aliphatic heterocycles. The molecule has 1 fully saturated rings. The number of amides is 1. The van der Waals surface area contributed by atoms with Crippen molar-refractivity contribution < 1.29 is 14.3 Å². The number of rotatable bonds is 6. The highest BCUT2D eigenvalue weighted by atomic mass is 19.1. The zero-order valence-electron chi connectivity index (χ0n) is 13.1. The van der Waals surface area contributed by atoms with Gasteiger partial charge in [0.2, 0.25) is 5.91 Å². The summed E-state index contributed by atoms with van der Waals surface area (Å²) in [5.41, 5.74) is 5.29. The number of hydrogen-bond acceptors (Lipinski definition) is 3. The van der Waals surface area contributed by atoms with Gasteiger partial charge < -0.3 is 15.7 Å². The first-order valence-electron chi connectivity index (χ1n) is 7.89. The van der Waals surface area contributed by atoms with E-state index < -0.39 is 5.60 Å². The Balaban J connectivity index is 2.10. The Bertz CT molecular complexity index is 496. The van der Waals surface area contributed by atoms with E-state index in [-0.39, 0.29) is 18.1 Å². The zero-order chi connectivity index (χ0) is 16.2. The lowest BCUT2D eigenvalue weighted by molar-refractivity contribution is -0.117. The highest BCUT2D eigenvalue weighted by Gasteiger charge is 2.33. The molecule has 3 N–H and O–H groups in total. The lowest BCUT2D eigenvalue weighted by atomic mass is 9.79. The molecule has 0 heterocycles. The molecule has 0 bridgehead atoms. The van der Waals surface area contributed by atoms with Gasteiger partial charge in [-0.05, 0) is 55.9 Å². The maximum atomic E-state index is 13.1. The molecule has 0 spiro atoms. The number of nitrogens with two attached hydrogens (primary N) is 1. The van der Waals surface area contributed by atoms with E-state index in [2.05, 4.69) is 6.92 Å². The number of primary amides is 1. The third-order valence-corrected chi connectivity index (χ3v) is 4.51.